The van der Waals surface area contributed by atoms with Crippen LogP contribution >= 0.6 is 27.3 Å². The van der Waals surface area contributed by atoms with Gasteiger partial charge >= 0.3 is 0 Å². The number of nitrogens with zero attached hydrogens (tertiary/aromatic N) is 2. The normalized spacial score (nSPS) is 10.9. The van der Waals surface area contributed by atoms with Crippen LogP contribution in [0.25, 0.3) is 11.3 Å². The zero-order valence-electron chi connectivity index (χ0n) is 23.4. The first-order chi connectivity index (χ1) is 20.8. The highest BCUT2D eigenvalue weighted by Gasteiger charge is 2.10. The summed E-state index contributed by atoms with van der Waals surface area (Å²) in [5.74, 6) is -0.0781. The van der Waals surface area contributed by atoms with Gasteiger partial charge in [-0.05, 0) is 95.5 Å². The molecule has 0 atom stereocenters. The van der Waals surface area contributed by atoms with Gasteiger partial charge < -0.3 is 15.4 Å². The second-order valence-electron chi connectivity index (χ2n) is 9.70. The number of thiazole rings is 1. The monoisotopic (exact) mass is 653 g/mol. The van der Waals surface area contributed by atoms with E-state index in [0.717, 1.165) is 38.9 Å². The topological polar surface area (TPSA) is 105 Å². The standard InChI is InChI=1S/C33H28BrN5O3S/c1-21-6-13-26(14-7-21)37-33-38-29(20-43-33)24-9-11-25(12-10-24)32(41)39-35-18-23-8-15-30(28(34)17-23)42-19-31(40)36-27-5-3-4-22(2)16-27/h3-18,20H,19H2,1-2H3,(H,36,40)(H,37,38)(H,39,41)/b35-18+. The van der Waals surface area contributed by atoms with E-state index in [9.17, 15) is 9.59 Å². The molecule has 43 heavy (non-hydrogen) atoms. The molecule has 0 fully saturated rings. The number of amides is 2. The van der Waals surface area contributed by atoms with Crippen LogP contribution in [0.1, 0.15) is 27.0 Å². The number of aryl methyl sites for hydroxylation is 2. The zero-order chi connectivity index (χ0) is 30.2. The highest BCUT2D eigenvalue weighted by molar-refractivity contribution is 9.10. The largest absolute Gasteiger partial charge is 0.483 e. The summed E-state index contributed by atoms with van der Waals surface area (Å²) >= 11 is 4.98. The van der Waals surface area contributed by atoms with Crippen LogP contribution in [-0.4, -0.2) is 29.6 Å². The van der Waals surface area contributed by atoms with Crippen molar-refractivity contribution in [2.45, 2.75) is 13.8 Å². The molecule has 3 N–H and O–H groups in total. The van der Waals surface area contributed by atoms with E-state index in [4.69, 9.17) is 4.74 Å². The number of hydrazone groups is 1. The van der Waals surface area contributed by atoms with Crippen molar-refractivity contribution in [2.24, 2.45) is 5.10 Å². The first-order valence-corrected chi connectivity index (χ1v) is 15.0. The molecule has 5 aromatic rings. The molecule has 10 heteroatoms. The van der Waals surface area contributed by atoms with E-state index in [1.807, 2.05) is 73.0 Å². The van der Waals surface area contributed by atoms with E-state index in [1.165, 1.54) is 23.1 Å². The summed E-state index contributed by atoms with van der Waals surface area (Å²) in [5, 5.41) is 13.0. The number of nitrogens with one attached hydrogen (secondary N) is 3. The van der Waals surface area contributed by atoms with Crippen molar-refractivity contribution >= 4 is 61.8 Å². The fourth-order valence-corrected chi connectivity index (χ4v) is 5.27. The van der Waals surface area contributed by atoms with Crippen LogP contribution in [0.2, 0.25) is 0 Å². The molecule has 0 aliphatic heterocycles. The number of hydrogen-bond donors (Lipinski definition) is 3. The first-order valence-electron chi connectivity index (χ1n) is 13.3. The van der Waals surface area contributed by atoms with E-state index >= 15 is 0 Å². The van der Waals surface area contributed by atoms with Crippen molar-refractivity contribution in [3.05, 3.63) is 123 Å². The molecule has 0 saturated heterocycles. The molecule has 8 nitrogen and oxygen atoms in total. The molecule has 0 aliphatic carbocycles. The molecule has 0 aliphatic rings. The van der Waals surface area contributed by atoms with Gasteiger partial charge in [-0.3, -0.25) is 9.59 Å². The van der Waals surface area contributed by atoms with Gasteiger partial charge in [0.25, 0.3) is 11.8 Å². The number of halogens is 1. The van der Waals surface area contributed by atoms with Crippen molar-refractivity contribution in [1.82, 2.24) is 10.4 Å². The zero-order valence-corrected chi connectivity index (χ0v) is 25.8. The SMILES string of the molecule is Cc1ccc(Nc2nc(-c3ccc(C(=O)N/N=C/c4ccc(OCC(=O)Nc5cccc(C)c5)c(Br)c4)cc3)cs2)cc1. The van der Waals surface area contributed by atoms with Crippen molar-refractivity contribution in [3.63, 3.8) is 0 Å². The molecule has 4 aromatic carbocycles. The third-order valence-electron chi connectivity index (χ3n) is 6.25. The van der Waals surface area contributed by atoms with Crippen LogP contribution in [0, 0.1) is 13.8 Å². The van der Waals surface area contributed by atoms with Crippen LogP contribution in [0.5, 0.6) is 5.75 Å². The van der Waals surface area contributed by atoms with Gasteiger partial charge in [-0.2, -0.15) is 5.10 Å². The molecule has 0 bridgehead atoms. The fourth-order valence-electron chi connectivity index (χ4n) is 4.02. The summed E-state index contributed by atoms with van der Waals surface area (Å²) < 4.78 is 6.30. The van der Waals surface area contributed by atoms with E-state index < -0.39 is 0 Å². The third-order valence-corrected chi connectivity index (χ3v) is 7.62. The Hall–Kier alpha value is -4.80. The molecule has 1 heterocycles. The lowest BCUT2D eigenvalue weighted by atomic mass is 10.1. The number of rotatable bonds is 10. The van der Waals surface area contributed by atoms with Gasteiger partial charge in [-0.25, -0.2) is 10.4 Å². The van der Waals surface area contributed by atoms with Crippen LogP contribution in [0.3, 0.4) is 0 Å². The minimum Gasteiger partial charge on any atom is -0.483 e. The van der Waals surface area contributed by atoms with Crippen LogP contribution in [-0.2, 0) is 4.79 Å². The minimum atomic E-state index is -0.332. The number of benzene rings is 4. The molecule has 1 aromatic heterocycles. The van der Waals surface area contributed by atoms with Gasteiger partial charge in [0.05, 0.1) is 16.4 Å². The molecule has 5 rings (SSSR count). The lowest BCUT2D eigenvalue weighted by Gasteiger charge is -2.10. The Balaban J connectivity index is 1.11. The molecule has 0 radical (unpaired) electrons. The summed E-state index contributed by atoms with van der Waals surface area (Å²) in [6.07, 6.45) is 1.53. The van der Waals surface area contributed by atoms with Crippen LogP contribution in [0.4, 0.5) is 16.5 Å². The van der Waals surface area contributed by atoms with Gasteiger partial charge in [-0.1, -0.05) is 42.0 Å². The molecular formula is C33H28BrN5O3S. The molecule has 0 spiro atoms. The summed E-state index contributed by atoms with van der Waals surface area (Å²) in [4.78, 5) is 29.5. The second-order valence-corrected chi connectivity index (χ2v) is 11.4. The average molecular weight is 655 g/mol. The number of hydrogen-bond acceptors (Lipinski definition) is 7. The maximum atomic E-state index is 12.6. The smallest absolute Gasteiger partial charge is 0.271 e. The Kier molecular flexibility index (Phi) is 9.60. The number of carbonyl (C=O) groups is 2. The summed E-state index contributed by atoms with van der Waals surface area (Å²) in [6.45, 7) is 3.87. The number of carbonyl (C=O) groups excluding carboxylic acids is 2. The maximum absolute atomic E-state index is 12.6. The lowest BCUT2D eigenvalue weighted by Crippen LogP contribution is -2.20. The number of aromatic nitrogens is 1. The average Bonchev–Trinajstić information content (AvgIpc) is 3.46. The number of ether oxygens (including phenoxy) is 1. The van der Waals surface area contributed by atoms with Crippen molar-refractivity contribution in [2.75, 3.05) is 17.2 Å². The Morgan fingerprint density at radius 3 is 2.47 bits per heavy atom. The maximum Gasteiger partial charge on any atom is 0.271 e. The molecule has 0 saturated carbocycles. The third kappa shape index (κ3) is 8.37. The molecule has 2 amide bonds. The van der Waals surface area contributed by atoms with Gasteiger partial charge in [-0.15, -0.1) is 11.3 Å². The second kappa shape index (κ2) is 13.9. The summed E-state index contributed by atoms with van der Waals surface area (Å²) in [5.41, 5.74) is 9.46. The molecule has 0 unspecified atom stereocenters. The highest BCUT2D eigenvalue weighted by atomic mass is 79.9. The van der Waals surface area contributed by atoms with Gasteiger partial charge in [0.2, 0.25) is 0 Å². The number of anilines is 3. The predicted molar refractivity (Wildman–Crippen MR) is 177 cm³/mol. The minimum absolute atomic E-state index is 0.136. The summed E-state index contributed by atoms with van der Waals surface area (Å²) in [6, 6.07) is 28.2. The lowest BCUT2D eigenvalue weighted by molar-refractivity contribution is -0.118. The van der Waals surface area contributed by atoms with Crippen molar-refractivity contribution in [3.8, 4) is 17.0 Å². The van der Waals surface area contributed by atoms with Crippen LogP contribution < -0.4 is 20.8 Å². The van der Waals surface area contributed by atoms with E-state index in [-0.39, 0.29) is 18.4 Å². The summed E-state index contributed by atoms with van der Waals surface area (Å²) in [7, 11) is 0. The van der Waals surface area contributed by atoms with E-state index in [1.54, 1.807) is 30.3 Å². The van der Waals surface area contributed by atoms with Crippen molar-refractivity contribution < 1.29 is 14.3 Å². The highest BCUT2D eigenvalue weighted by Crippen LogP contribution is 2.28. The molecular weight excluding hydrogens is 626 g/mol. The first kappa shape index (κ1) is 29.7. The van der Waals surface area contributed by atoms with Gasteiger partial charge in [0.15, 0.2) is 11.7 Å². The van der Waals surface area contributed by atoms with E-state index in [2.05, 4.69) is 49.0 Å². The van der Waals surface area contributed by atoms with Gasteiger partial charge in [0, 0.05) is 27.9 Å². The Morgan fingerprint density at radius 1 is 0.930 bits per heavy atom. The Bertz CT molecular complexity index is 1770. The predicted octanol–water partition coefficient (Wildman–Crippen LogP) is 7.71. The van der Waals surface area contributed by atoms with Crippen molar-refractivity contribution in [1.29, 1.82) is 0 Å². The molecule has 216 valence electrons. The van der Waals surface area contributed by atoms with Crippen LogP contribution in [0.15, 0.2) is 106 Å². The van der Waals surface area contributed by atoms with Gasteiger partial charge in [0.1, 0.15) is 5.75 Å². The van der Waals surface area contributed by atoms with E-state index in [0.29, 0.717) is 15.8 Å². The Morgan fingerprint density at radius 2 is 1.72 bits per heavy atom. The quantitative estimate of drug-likeness (QED) is 0.106. The fraction of sp³-hybridized carbons (Fsp3) is 0.0909. The Labute approximate surface area is 262 Å².